The van der Waals surface area contributed by atoms with Crippen molar-refractivity contribution >= 4 is 16.6 Å². The molecule has 0 fully saturated rings. The van der Waals surface area contributed by atoms with Crippen molar-refractivity contribution in [1.29, 1.82) is 0 Å². The Balaban J connectivity index is 1.96. The van der Waals surface area contributed by atoms with E-state index in [9.17, 15) is 0 Å². The molecule has 0 aliphatic rings. The summed E-state index contributed by atoms with van der Waals surface area (Å²) in [4.78, 5) is 0. The topological polar surface area (TPSA) is 47.0 Å². The zero-order chi connectivity index (χ0) is 13.5. The average Bonchev–Trinajstić information content (AvgIpc) is 2.45. The van der Waals surface area contributed by atoms with Gasteiger partial charge in [0, 0.05) is 23.9 Å². The van der Waals surface area contributed by atoms with E-state index in [-0.39, 0.29) is 0 Å². The molecule has 102 valence electrons. The van der Waals surface area contributed by atoms with E-state index >= 15 is 0 Å². The summed E-state index contributed by atoms with van der Waals surface area (Å²) < 4.78 is 5.52. The number of benzene rings is 1. The lowest BCUT2D eigenvalue weighted by Crippen LogP contribution is -2.12. The number of nitrogens with one attached hydrogen (secondary N) is 1. The fraction of sp³-hybridized carbons (Fsp3) is 0.467. The van der Waals surface area contributed by atoms with Crippen LogP contribution in [0.15, 0.2) is 24.3 Å². The maximum Gasteiger partial charge on any atom is 0.156 e. The van der Waals surface area contributed by atoms with Crippen LogP contribution in [-0.2, 0) is 4.74 Å². The number of hydrogen-bond acceptors (Lipinski definition) is 4. The molecule has 0 spiro atoms. The molecule has 2 rings (SSSR count). The number of aryl methyl sites for hydroxylation is 1. The second-order valence-corrected chi connectivity index (χ2v) is 4.57. The van der Waals surface area contributed by atoms with Crippen molar-refractivity contribution in [3.63, 3.8) is 0 Å². The summed E-state index contributed by atoms with van der Waals surface area (Å²) in [5.74, 6) is 0.834. The molecule has 0 saturated carbocycles. The predicted octanol–water partition coefficient (Wildman–Crippen LogP) is 3.17. The van der Waals surface area contributed by atoms with Gasteiger partial charge < -0.3 is 10.1 Å². The van der Waals surface area contributed by atoms with Crippen molar-refractivity contribution in [2.45, 2.75) is 26.7 Å². The predicted molar refractivity (Wildman–Crippen MR) is 78.5 cm³/mol. The summed E-state index contributed by atoms with van der Waals surface area (Å²) in [7, 11) is 0. The first-order chi connectivity index (χ1) is 9.33. The van der Waals surface area contributed by atoms with E-state index in [0.717, 1.165) is 41.9 Å². The summed E-state index contributed by atoms with van der Waals surface area (Å²) in [6.45, 7) is 6.43. The number of aromatic nitrogens is 2. The minimum atomic E-state index is 0.698. The Kier molecular flexibility index (Phi) is 5.10. The molecule has 0 aliphatic heterocycles. The fourth-order valence-corrected chi connectivity index (χ4v) is 1.96. The second kappa shape index (κ2) is 7.04. The van der Waals surface area contributed by atoms with Gasteiger partial charge in [-0.3, -0.25) is 0 Å². The zero-order valence-corrected chi connectivity index (χ0v) is 11.6. The lowest BCUT2D eigenvalue weighted by Gasteiger charge is -2.09. The Morgan fingerprint density at radius 2 is 1.89 bits per heavy atom. The van der Waals surface area contributed by atoms with Gasteiger partial charge in [-0.25, -0.2) is 0 Å². The Bertz CT molecular complexity index is 528. The lowest BCUT2D eigenvalue weighted by atomic mass is 10.1. The van der Waals surface area contributed by atoms with Gasteiger partial charge >= 0.3 is 0 Å². The SMILES string of the molecule is CCCCOCCNc1nnc(C)c2ccccc12. The van der Waals surface area contributed by atoms with Crippen molar-refractivity contribution in [3.8, 4) is 0 Å². The van der Waals surface area contributed by atoms with Crippen LogP contribution < -0.4 is 5.32 Å². The van der Waals surface area contributed by atoms with Crippen LogP contribution in [0.3, 0.4) is 0 Å². The third kappa shape index (κ3) is 3.64. The number of anilines is 1. The first kappa shape index (κ1) is 13.7. The quantitative estimate of drug-likeness (QED) is 0.776. The van der Waals surface area contributed by atoms with Crippen molar-refractivity contribution < 1.29 is 4.74 Å². The number of ether oxygens (including phenoxy) is 1. The highest BCUT2D eigenvalue weighted by Crippen LogP contribution is 2.21. The third-order valence-corrected chi connectivity index (χ3v) is 3.05. The smallest absolute Gasteiger partial charge is 0.156 e. The van der Waals surface area contributed by atoms with Gasteiger partial charge in [0.15, 0.2) is 5.82 Å². The molecule has 2 aromatic rings. The maximum atomic E-state index is 5.52. The van der Waals surface area contributed by atoms with E-state index < -0.39 is 0 Å². The molecular formula is C15H21N3O. The Hall–Kier alpha value is -1.68. The minimum absolute atomic E-state index is 0.698. The molecule has 4 heteroatoms. The molecule has 0 saturated heterocycles. The van der Waals surface area contributed by atoms with E-state index in [1.165, 1.54) is 6.42 Å². The summed E-state index contributed by atoms with van der Waals surface area (Å²) >= 11 is 0. The lowest BCUT2D eigenvalue weighted by molar-refractivity contribution is 0.141. The number of hydrogen-bond donors (Lipinski definition) is 1. The highest BCUT2D eigenvalue weighted by Gasteiger charge is 2.04. The molecule has 4 nitrogen and oxygen atoms in total. The zero-order valence-electron chi connectivity index (χ0n) is 11.6. The first-order valence-corrected chi connectivity index (χ1v) is 6.86. The highest BCUT2D eigenvalue weighted by atomic mass is 16.5. The molecule has 1 heterocycles. The van der Waals surface area contributed by atoms with Gasteiger partial charge in [0.2, 0.25) is 0 Å². The fourth-order valence-electron chi connectivity index (χ4n) is 1.96. The second-order valence-electron chi connectivity index (χ2n) is 4.57. The number of fused-ring (bicyclic) bond motifs is 1. The normalized spacial score (nSPS) is 10.8. The highest BCUT2D eigenvalue weighted by molar-refractivity contribution is 5.92. The molecule has 1 aromatic heterocycles. The average molecular weight is 259 g/mol. The van der Waals surface area contributed by atoms with Crippen LogP contribution >= 0.6 is 0 Å². The van der Waals surface area contributed by atoms with Gasteiger partial charge in [0.05, 0.1) is 12.3 Å². The van der Waals surface area contributed by atoms with Crippen molar-refractivity contribution in [2.75, 3.05) is 25.1 Å². The van der Waals surface area contributed by atoms with Gasteiger partial charge in [-0.1, -0.05) is 37.6 Å². The van der Waals surface area contributed by atoms with Gasteiger partial charge in [0.25, 0.3) is 0 Å². The Morgan fingerprint density at radius 3 is 2.68 bits per heavy atom. The molecule has 0 bridgehead atoms. The Labute approximate surface area is 114 Å². The summed E-state index contributed by atoms with van der Waals surface area (Å²) in [5, 5.41) is 14.0. The first-order valence-electron chi connectivity index (χ1n) is 6.86. The van der Waals surface area contributed by atoms with E-state index in [2.05, 4.69) is 34.6 Å². The molecule has 0 aliphatic carbocycles. The van der Waals surface area contributed by atoms with Crippen molar-refractivity contribution in [1.82, 2.24) is 10.2 Å². The maximum absolute atomic E-state index is 5.52. The van der Waals surface area contributed by atoms with Gasteiger partial charge in [0.1, 0.15) is 0 Å². The summed E-state index contributed by atoms with van der Waals surface area (Å²) in [6, 6.07) is 8.18. The minimum Gasteiger partial charge on any atom is -0.380 e. The van der Waals surface area contributed by atoms with E-state index in [0.29, 0.717) is 6.61 Å². The molecule has 1 N–H and O–H groups in total. The molecule has 0 amide bonds. The Morgan fingerprint density at radius 1 is 1.11 bits per heavy atom. The van der Waals surface area contributed by atoms with Crippen molar-refractivity contribution in [2.24, 2.45) is 0 Å². The van der Waals surface area contributed by atoms with Crippen LogP contribution in [0, 0.1) is 6.92 Å². The number of unbranched alkanes of at least 4 members (excludes halogenated alkanes) is 1. The van der Waals surface area contributed by atoms with Crippen LogP contribution in [-0.4, -0.2) is 30.0 Å². The van der Waals surface area contributed by atoms with Crippen LogP contribution in [0.2, 0.25) is 0 Å². The molecule has 1 aromatic carbocycles. The number of nitrogens with zero attached hydrogens (tertiary/aromatic N) is 2. The van der Waals surface area contributed by atoms with E-state index in [4.69, 9.17) is 4.74 Å². The van der Waals surface area contributed by atoms with Crippen LogP contribution in [0.4, 0.5) is 5.82 Å². The molecule has 0 radical (unpaired) electrons. The van der Waals surface area contributed by atoms with Crippen LogP contribution in [0.5, 0.6) is 0 Å². The summed E-state index contributed by atoms with van der Waals surface area (Å²) in [6.07, 6.45) is 2.29. The van der Waals surface area contributed by atoms with Crippen LogP contribution in [0.1, 0.15) is 25.5 Å². The molecular weight excluding hydrogens is 238 g/mol. The van der Waals surface area contributed by atoms with Gasteiger partial charge in [-0.2, -0.15) is 5.10 Å². The van der Waals surface area contributed by atoms with E-state index in [1.807, 2.05) is 19.1 Å². The van der Waals surface area contributed by atoms with E-state index in [1.54, 1.807) is 0 Å². The molecule has 0 atom stereocenters. The monoisotopic (exact) mass is 259 g/mol. The van der Waals surface area contributed by atoms with Crippen LogP contribution in [0.25, 0.3) is 10.8 Å². The third-order valence-electron chi connectivity index (χ3n) is 3.05. The van der Waals surface area contributed by atoms with Gasteiger partial charge in [-0.15, -0.1) is 5.10 Å². The van der Waals surface area contributed by atoms with Gasteiger partial charge in [-0.05, 0) is 13.3 Å². The largest absolute Gasteiger partial charge is 0.380 e. The molecule has 0 unspecified atom stereocenters. The standard InChI is InChI=1S/C15H21N3O/c1-3-4-10-19-11-9-16-15-14-8-6-5-7-13(14)12(2)17-18-15/h5-8H,3-4,9-11H2,1-2H3,(H,16,18). The molecule has 19 heavy (non-hydrogen) atoms. The number of rotatable bonds is 7. The summed E-state index contributed by atoms with van der Waals surface area (Å²) in [5.41, 5.74) is 0.959. The van der Waals surface area contributed by atoms with Crippen molar-refractivity contribution in [3.05, 3.63) is 30.0 Å².